The molecule has 94 valence electrons. The Morgan fingerprint density at radius 1 is 1.12 bits per heavy atom. The van der Waals surface area contributed by atoms with Gasteiger partial charge < -0.3 is 4.90 Å². The number of piperazine rings is 1. The second-order valence-electron chi connectivity index (χ2n) is 4.75. The highest BCUT2D eigenvalue weighted by Gasteiger charge is 2.18. The van der Waals surface area contributed by atoms with E-state index >= 15 is 0 Å². The number of rotatable bonds is 4. The van der Waals surface area contributed by atoms with Gasteiger partial charge in [0.05, 0.1) is 0 Å². The molecule has 1 aliphatic heterocycles. The van der Waals surface area contributed by atoms with Gasteiger partial charge in [-0.05, 0) is 18.9 Å². The molecule has 1 saturated heterocycles. The molecule has 1 aromatic carbocycles. The third-order valence-corrected chi connectivity index (χ3v) is 3.82. The van der Waals surface area contributed by atoms with Gasteiger partial charge in [0.1, 0.15) is 0 Å². The van der Waals surface area contributed by atoms with Crippen LogP contribution in [0.2, 0.25) is 0 Å². The summed E-state index contributed by atoms with van der Waals surface area (Å²) in [7, 11) is 0. The zero-order valence-electron chi connectivity index (χ0n) is 10.5. The van der Waals surface area contributed by atoms with Crippen LogP contribution in [-0.4, -0.2) is 47.9 Å². The number of hydrogen-bond donors (Lipinski definition) is 1. The van der Waals surface area contributed by atoms with Gasteiger partial charge in [-0.2, -0.15) is 12.6 Å². The molecule has 1 aliphatic rings. The molecule has 2 rings (SSSR count). The molecular weight excluding hydrogens is 228 g/mol. The van der Waals surface area contributed by atoms with Crippen LogP contribution >= 0.6 is 12.6 Å². The van der Waals surface area contributed by atoms with Crippen molar-refractivity contribution in [3.63, 3.8) is 0 Å². The smallest absolute Gasteiger partial charge is 0.0500 e. The fourth-order valence-corrected chi connectivity index (χ4v) is 2.52. The molecule has 0 spiro atoms. The van der Waals surface area contributed by atoms with Crippen LogP contribution in [0.15, 0.2) is 30.3 Å². The van der Waals surface area contributed by atoms with E-state index in [-0.39, 0.29) is 0 Å². The summed E-state index contributed by atoms with van der Waals surface area (Å²) in [6.07, 6.45) is 1.16. The van der Waals surface area contributed by atoms with Crippen molar-refractivity contribution < 1.29 is 0 Å². The van der Waals surface area contributed by atoms with Crippen molar-refractivity contribution in [1.29, 1.82) is 0 Å². The molecule has 0 saturated carbocycles. The highest BCUT2D eigenvalue weighted by Crippen LogP contribution is 2.09. The molecular formula is C14H22N2S. The zero-order valence-corrected chi connectivity index (χ0v) is 11.4. The van der Waals surface area contributed by atoms with Crippen molar-refractivity contribution in [3.05, 3.63) is 35.9 Å². The summed E-state index contributed by atoms with van der Waals surface area (Å²) in [4.78, 5) is 4.99. The largest absolute Gasteiger partial charge is 0.300 e. The minimum absolute atomic E-state index is 0.395. The van der Waals surface area contributed by atoms with Crippen molar-refractivity contribution in [3.8, 4) is 0 Å². The molecule has 3 heteroatoms. The van der Waals surface area contributed by atoms with Gasteiger partial charge in [0.25, 0.3) is 0 Å². The predicted molar refractivity (Wildman–Crippen MR) is 76.6 cm³/mol. The molecule has 0 N–H and O–H groups in total. The summed E-state index contributed by atoms with van der Waals surface area (Å²) in [5.41, 5.74) is 1.44. The van der Waals surface area contributed by atoms with Crippen LogP contribution in [0.25, 0.3) is 0 Å². The minimum Gasteiger partial charge on any atom is -0.300 e. The van der Waals surface area contributed by atoms with E-state index in [4.69, 9.17) is 0 Å². The van der Waals surface area contributed by atoms with Crippen LogP contribution in [0.3, 0.4) is 0 Å². The summed E-state index contributed by atoms with van der Waals surface area (Å²) >= 11 is 4.49. The first-order chi connectivity index (χ1) is 8.25. The molecule has 1 heterocycles. The molecule has 1 aromatic rings. The Hall–Kier alpha value is -0.510. The standard InChI is InChI=1S/C14H22N2S/c1-13(17)16-11-9-15(10-12-16)8-7-14-5-3-2-4-6-14/h2-6,13,17H,7-12H2,1H3. The van der Waals surface area contributed by atoms with Crippen molar-refractivity contribution in [2.24, 2.45) is 0 Å². The van der Waals surface area contributed by atoms with Crippen molar-refractivity contribution in [2.45, 2.75) is 18.7 Å². The van der Waals surface area contributed by atoms with Crippen molar-refractivity contribution in [2.75, 3.05) is 32.7 Å². The SMILES string of the molecule is CC(S)N1CCN(CCc2ccccc2)CC1. The number of benzene rings is 1. The Labute approximate surface area is 110 Å². The van der Waals surface area contributed by atoms with E-state index in [0.29, 0.717) is 5.37 Å². The van der Waals surface area contributed by atoms with Gasteiger partial charge in [-0.25, -0.2) is 0 Å². The maximum absolute atomic E-state index is 4.49. The lowest BCUT2D eigenvalue weighted by atomic mass is 10.1. The van der Waals surface area contributed by atoms with Gasteiger partial charge in [-0.1, -0.05) is 30.3 Å². The van der Waals surface area contributed by atoms with Gasteiger partial charge in [-0.15, -0.1) is 0 Å². The van der Waals surface area contributed by atoms with E-state index in [1.807, 2.05) is 0 Å². The quantitative estimate of drug-likeness (QED) is 0.818. The minimum atomic E-state index is 0.395. The summed E-state index contributed by atoms with van der Waals surface area (Å²) in [5, 5.41) is 0.395. The molecule has 0 amide bonds. The first kappa shape index (κ1) is 12.9. The van der Waals surface area contributed by atoms with E-state index in [2.05, 4.69) is 59.7 Å². The van der Waals surface area contributed by atoms with Gasteiger partial charge in [0.2, 0.25) is 0 Å². The van der Waals surface area contributed by atoms with Gasteiger partial charge in [-0.3, -0.25) is 4.90 Å². The van der Waals surface area contributed by atoms with E-state index in [0.717, 1.165) is 19.5 Å². The van der Waals surface area contributed by atoms with Crippen LogP contribution in [0.1, 0.15) is 12.5 Å². The molecule has 1 unspecified atom stereocenters. The molecule has 0 radical (unpaired) electrons. The normalized spacial score (nSPS) is 20.4. The first-order valence-corrected chi connectivity index (χ1v) is 6.96. The average molecular weight is 250 g/mol. The molecule has 2 nitrogen and oxygen atoms in total. The van der Waals surface area contributed by atoms with Crippen LogP contribution < -0.4 is 0 Å². The zero-order chi connectivity index (χ0) is 12.1. The maximum Gasteiger partial charge on any atom is 0.0500 e. The lowest BCUT2D eigenvalue weighted by Gasteiger charge is -2.36. The van der Waals surface area contributed by atoms with Crippen molar-refractivity contribution in [1.82, 2.24) is 9.80 Å². The first-order valence-electron chi connectivity index (χ1n) is 6.44. The number of hydrogen-bond acceptors (Lipinski definition) is 3. The third-order valence-electron chi connectivity index (χ3n) is 3.49. The van der Waals surface area contributed by atoms with Gasteiger partial charge in [0.15, 0.2) is 0 Å². The molecule has 17 heavy (non-hydrogen) atoms. The topological polar surface area (TPSA) is 6.48 Å². The second-order valence-corrected chi connectivity index (χ2v) is 5.49. The Kier molecular flexibility index (Phi) is 4.89. The van der Waals surface area contributed by atoms with E-state index in [9.17, 15) is 0 Å². The Morgan fingerprint density at radius 3 is 2.35 bits per heavy atom. The van der Waals surface area contributed by atoms with Gasteiger partial charge in [0, 0.05) is 38.1 Å². The van der Waals surface area contributed by atoms with Gasteiger partial charge >= 0.3 is 0 Å². The second kappa shape index (κ2) is 6.43. The van der Waals surface area contributed by atoms with Crippen LogP contribution in [0.5, 0.6) is 0 Å². The maximum atomic E-state index is 4.49. The molecule has 1 atom stereocenters. The highest BCUT2D eigenvalue weighted by molar-refractivity contribution is 7.80. The number of nitrogens with zero attached hydrogens (tertiary/aromatic N) is 2. The van der Waals surface area contributed by atoms with E-state index in [1.54, 1.807) is 0 Å². The summed E-state index contributed by atoms with van der Waals surface area (Å²) in [6.45, 7) is 8.00. The Morgan fingerprint density at radius 2 is 1.76 bits per heavy atom. The Balaban J connectivity index is 1.72. The average Bonchev–Trinajstić information content (AvgIpc) is 2.38. The fourth-order valence-electron chi connectivity index (χ4n) is 2.29. The molecule has 1 fully saturated rings. The molecule has 0 bridgehead atoms. The summed E-state index contributed by atoms with van der Waals surface area (Å²) in [5.74, 6) is 0. The Bertz CT molecular complexity index is 318. The fraction of sp³-hybridized carbons (Fsp3) is 0.571. The highest BCUT2D eigenvalue weighted by atomic mass is 32.1. The van der Waals surface area contributed by atoms with Crippen LogP contribution in [0.4, 0.5) is 0 Å². The summed E-state index contributed by atoms with van der Waals surface area (Å²) in [6, 6.07) is 10.8. The lowest BCUT2D eigenvalue weighted by Crippen LogP contribution is -2.48. The van der Waals surface area contributed by atoms with Crippen molar-refractivity contribution >= 4 is 12.6 Å². The summed E-state index contributed by atoms with van der Waals surface area (Å²) < 4.78 is 0. The molecule has 0 aliphatic carbocycles. The molecule has 0 aromatic heterocycles. The number of thiol groups is 1. The third kappa shape index (κ3) is 4.02. The lowest BCUT2D eigenvalue weighted by molar-refractivity contribution is 0.130. The van der Waals surface area contributed by atoms with Crippen LogP contribution in [-0.2, 0) is 6.42 Å². The monoisotopic (exact) mass is 250 g/mol. The van der Waals surface area contributed by atoms with E-state index in [1.165, 1.54) is 25.2 Å². The van der Waals surface area contributed by atoms with E-state index < -0.39 is 0 Å². The van der Waals surface area contributed by atoms with Crippen LogP contribution in [0, 0.1) is 0 Å². The predicted octanol–water partition coefficient (Wildman–Crippen LogP) is 2.12.